The van der Waals surface area contributed by atoms with E-state index >= 15 is 0 Å². The van der Waals surface area contributed by atoms with E-state index in [1.54, 1.807) is 0 Å². The van der Waals surface area contributed by atoms with Crippen LogP contribution >= 0.6 is 0 Å². The average molecular weight is 359 g/mol. The van der Waals surface area contributed by atoms with Crippen LogP contribution in [0.15, 0.2) is 36.4 Å². The van der Waals surface area contributed by atoms with Crippen molar-refractivity contribution in [2.45, 2.75) is 39.0 Å². The van der Waals surface area contributed by atoms with Crippen LogP contribution in [-0.4, -0.2) is 17.6 Å². The Labute approximate surface area is 158 Å². The van der Waals surface area contributed by atoms with Crippen LogP contribution in [-0.2, 0) is 14.4 Å². The van der Waals surface area contributed by atoms with Crippen molar-refractivity contribution >= 4 is 23.3 Å². The van der Waals surface area contributed by atoms with Gasteiger partial charge in [0.1, 0.15) is 5.78 Å². The molecule has 4 aliphatic rings. The van der Waals surface area contributed by atoms with Gasteiger partial charge in [-0.2, -0.15) is 0 Å². The van der Waals surface area contributed by atoms with E-state index in [0.29, 0.717) is 12.1 Å². The Bertz CT molecular complexity index is 1010. The zero-order valence-electron chi connectivity index (χ0n) is 15.7. The van der Waals surface area contributed by atoms with Gasteiger partial charge in [-0.1, -0.05) is 42.0 Å². The molecule has 4 atom stereocenters. The van der Waals surface area contributed by atoms with Crippen molar-refractivity contribution in [2.75, 3.05) is 4.90 Å². The summed E-state index contributed by atoms with van der Waals surface area (Å²) in [5.74, 6) is -1.90. The number of fused-ring (bicyclic) bond motifs is 1. The van der Waals surface area contributed by atoms with Gasteiger partial charge in [-0.15, -0.1) is 0 Å². The van der Waals surface area contributed by atoms with E-state index in [1.807, 2.05) is 57.2 Å². The second kappa shape index (κ2) is 5.38. The second-order valence-electron chi connectivity index (χ2n) is 8.19. The summed E-state index contributed by atoms with van der Waals surface area (Å²) in [6.45, 7) is 5.88. The largest absolute Gasteiger partial charge is 0.299 e. The Hall–Kier alpha value is -2.75. The molecule has 1 heterocycles. The quantitative estimate of drug-likeness (QED) is 0.732. The number of rotatable bonds is 1. The first kappa shape index (κ1) is 16.4. The van der Waals surface area contributed by atoms with Crippen molar-refractivity contribution in [1.82, 2.24) is 0 Å². The van der Waals surface area contributed by atoms with Gasteiger partial charge < -0.3 is 0 Å². The summed E-state index contributed by atoms with van der Waals surface area (Å²) in [5, 5.41) is 0. The van der Waals surface area contributed by atoms with Gasteiger partial charge in [0.2, 0.25) is 11.8 Å². The highest BCUT2D eigenvalue weighted by atomic mass is 16.2. The van der Waals surface area contributed by atoms with Gasteiger partial charge in [0, 0.05) is 12.3 Å². The first-order chi connectivity index (χ1) is 12.9. The number of Topliss-reactive ketones (excluding diaryl/α,β-unsaturated/α-hetero) is 1. The predicted octanol–water partition coefficient (Wildman–Crippen LogP) is 3.57. The highest BCUT2D eigenvalue weighted by Gasteiger charge is 2.62. The number of amides is 2. The van der Waals surface area contributed by atoms with Crippen LogP contribution in [0.4, 0.5) is 5.69 Å². The number of anilines is 1. The summed E-state index contributed by atoms with van der Waals surface area (Å²) < 4.78 is 0. The zero-order valence-corrected chi connectivity index (χ0v) is 15.7. The molecule has 3 aliphatic carbocycles. The fourth-order valence-electron chi connectivity index (χ4n) is 5.70. The molecule has 1 saturated heterocycles. The maximum absolute atomic E-state index is 13.4. The van der Waals surface area contributed by atoms with Crippen molar-refractivity contribution in [1.29, 1.82) is 0 Å². The molecule has 0 N–H and O–H groups in total. The van der Waals surface area contributed by atoms with E-state index in [-0.39, 0.29) is 23.5 Å². The minimum Gasteiger partial charge on any atom is -0.299 e. The molecule has 1 saturated carbocycles. The number of ketones is 1. The third-order valence-electron chi connectivity index (χ3n) is 6.55. The van der Waals surface area contributed by atoms with E-state index in [9.17, 15) is 14.4 Å². The van der Waals surface area contributed by atoms with E-state index in [4.69, 9.17) is 0 Å². The Morgan fingerprint density at radius 1 is 0.852 bits per heavy atom. The van der Waals surface area contributed by atoms with Gasteiger partial charge in [0.15, 0.2) is 0 Å². The van der Waals surface area contributed by atoms with Gasteiger partial charge in [0.25, 0.3) is 0 Å². The number of imide groups is 1. The van der Waals surface area contributed by atoms with Crippen LogP contribution in [0, 0.1) is 32.6 Å². The summed E-state index contributed by atoms with van der Waals surface area (Å²) in [4.78, 5) is 41.0. The first-order valence-electron chi connectivity index (χ1n) is 9.47. The molecule has 0 aromatic heterocycles. The Morgan fingerprint density at radius 3 is 2.11 bits per heavy atom. The lowest BCUT2D eigenvalue weighted by Crippen LogP contribution is -2.44. The molecule has 0 radical (unpaired) electrons. The molecule has 0 unspecified atom stereocenters. The van der Waals surface area contributed by atoms with E-state index in [1.165, 1.54) is 4.90 Å². The van der Waals surface area contributed by atoms with Crippen molar-refractivity contribution in [2.24, 2.45) is 11.8 Å². The van der Waals surface area contributed by atoms with Gasteiger partial charge in [-0.25, -0.2) is 4.90 Å². The summed E-state index contributed by atoms with van der Waals surface area (Å²) in [6, 6.07) is 11.8. The predicted molar refractivity (Wildman–Crippen MR) is 102 cm³/mol. The minimum absolute atomic E-state index is 0.0975. The Morgan fingerprint density at radius 2 is 1.44 bits per heavy atom. The lowest BCUT2D eigenvalue weighted by atomic mass is 9.56. The van der Waals surface area contributed by atoms with Gasteiger partial charge in [-0.3, -0.25) is 14.4 Å². The topological polar surface area (TPSA) is 54.5 Å². The third kappa shape index (κ3) is 2.01. The second-order valence-corrected chi connectivity index (χ2v) is 8.19. The van der Waals surface area contributed by atoms with Crippen LogP contribution in [0.3, 0.4) is 0 Å². The molecule has 0 spiro atoms. The van der Waals surface area contributed by atoms with Gasteiger partial charge in [-0.05, 0) is 43.0 Å². The molecule has 27 heavy (non-hydrogen) atoms. The summed E-state index contributed by atoms with van der Waals surface area (Å²) >= 11 is 0. The van der Waals surface area contributed by atoms with Crippen molar-refractivity contribution in [3.8, 4) is 0 Å². The van der Waals surface area contributed by atoms with E-state index < -0.39 is 17.8 Å². The fraction of sp³-hybridized carbons (Fsp3) is 0.348. The average Bonchev–Trinajstić information content (AvgIpc) is 2.87. The molecule has 136 valence electrons. The number of nitrogens with zero attached hydrogens (tertiary/aromatic N) is 1. The molecule has 6 rings (SSSR count). The third-order valence-corrected chi connectivity index (χ3v) is 6.55. The van der Waals surface area contributed by atoms with Crippen LogP contribution in [0.25, 0.3) is 0 Å². The molecule has 4 heteroatoms. The highest BCUT2D eigenvalue weighted by Crippen LogP contribution is 2.58. The molecule has 2 fully saturated rings. The lowest BCUT2D eigenvalue weighted by molar-refractivity contribution is -0.134. The maximum Gasteiger partial charge on any atom is 0.238 e. The molecular weight excluding hydrogens is 338 g/mol. The number of carbonyl (C=O) groups is 3. The smallest absolute Gasteiger partial charge is 0.238 e. The number of aryl methyl sites for hydroxylation is 3. The van der Waals surface area contributed by atoms with Gasteiger partial charge >= 0.3 is 0 Å². The van der Waals surface area contributed by atoms with Crippen LogP contribution in [0.5, 0.6) is 0 Å². The van der Waals surface area contributed by atoms with Crippen LogP contribution < -0.4 is 4.90 Å². The fourth-order valence-corrected chi connectivity index (χ4v) is 5.70. The lowest BCUT2D eigenvalue weighted by Gasteiger charge is -2.43. The van der Waals surface area contributed by atoms with Crippen molar-refractivity contribution in [3.63, 3.8) is 0 Å². The summed E-state index contributed by atoms with van der Waals surface area (Å²) in [7, 11) is 0. The molecule has 1 aliphatic heterocycles. The number of hydrogen-bond donors (Lipinski definition) is 0. The number of hydrogen-bond acceptors (Lipinski definition) is 3. The Balaban J connectivity index is 1.68. The van der Waals surface area contributed by atoms with Crippen LogP contribution in [0.2, 0.25) is 0 Å². The molecule has 2 bridgehead atoms. The summed E-state index contributed by atoms with van der Waals surface area (Å²) in [6.07, 6.45) is 0.363. The number of benzene rings is 2. The van der Waals surface area contributed by atoms with Crippen LogP contribution in [0.1, 0.15) is 46.1 Å². The van der Waals surface area contributed by atoms with E-state index in [0.717, 1.165) is 27.8 Å². The summed E-state index contributed by atoms with van der Waals surface area (Å²) in [5.41, 5.74) is 5.66. The zero-order chi connectivity index (χ0) is 19.0. The van der Waals surface area contributed by atoms with Gasteiger partial charge in [0.05, 0.1) is 23.4 Å². The molecule has 2 amide bonds. The molecule has 4 nitrogen and oxygen atoms in total. The van der Waals surface area contributed by atoms with Crippen molar-refractivity contribution < 1.29 is 14.4 Å². The van der Waals surface area contributed by atoms with Crippen molar-refractivity contribution in [3.05, 3.63) is 64.2 Å². The Kier molecular flexibility index (Phi) is 3.27. The molecule has 2 aromatic rings. The first-order valence-corrected chi connectivity index (χ1v) is 9.47. The SMILES string of the molecule is Cc1cc(C)c(N2C(=O)[C@@H]3[C@@H](C2=O)[C@H]2CC(=O)[C@@H]3c3ccccc32)c(C)c1. The number of carbonyl (C=O) groups excluding carboxylic acids is 3. The molecule has 2 aromatic carbocycles. The maximum atomic E-state index is 13.4. The minimum atomic E-state index is -0.557. The standard InChI is InChI=1S/C23H21NO3/c1-11-8-12(2)21(13(3)9-11)24-22(26)19-16-10-17(25)18(20(19)23(24)27)15-7-5-4-6-14(15)16/h4-9,16,18-20H,10H2,1-3H3/t16-,18-,19-,20-/m0/s1. The molecular formula is C23H21NO3. The monoisotopic (exact) mass is 359 g/mol. The highest BCUT2D eigenvalue weighted by molar-refractivity contribution is 6.25. The normalized spacial score (nSPS) is 28.6. The van der Waals surface area contributed by atoms with E-state index in [2.05, 4.69) is 0 Å².